The van der Waals surface area contributed by atoms with E-state index < -0.39 is 33.0 Å². The van der Waals surface area contributed by atoms with E-state index in [4.69, 9.17) is 5.73 Å². The topological polar surface area (TPSA) is 146 Å². The number of piperazine rings is 1. The molecule has 2 atom stereocenters. The van der Waals surface area contributed by atoms with Gasteiger partial charge in [0, 0.05) is 44.3 Å². The summed E-state index contributed by atoms with van der Waals surface area (Å²) in [6.45, 7) is 6.13. The number of hydrogen-bond donors (Lipinski definition) is 3. The quantitative estimate of drug-likeness (QED) is 0.350. The highest BCUT2D eigenvalue weighted by Crippen LogP contribution is 2.31. The van der Waals surface area contributed by atoms with Crippen LogP contribution < -0.4 is 21.3 Å². The number of carbonyl (C=O) groups excluding carboxylic acids is 1. The van der Waals surface area contributed by atoms with Crippen LogP contribution in [0.25, 0.3) is 0 Å². The number of piperidine rings is 1. The van der Waals surface area contributed by atoms with E-state index >= 15 is 0 Å². The number of aromatic nitrogens is 3. The molecule has 11 nitrogen and oxygen atoms in total. The lowest BCUT2D eigenvalue weighted by Gasteiger charge is -2.36. The maximum atomic E-state index is 14.1. The Morgan fingerprint density at radius 1 is 1.10 bits per heavy atom. The number of hydrogen-bond acceptors (Lipinski definition) is 11. The van der Waals surface area contributed by atoms with E-state index in [0.29, 0.717) is 23.9 Å². The molecular formula is C25H30F2N8O3S2. The first-order valence-corrected chi connectivity index (χ1v) is 15.1. The van der Waals surface area contributed by atoms with Crippen LogP contribution in [0.1, 0.15) is 41.9 Å². The summed E-state index contributed by atoms with van der Waals surface area (Å²) in [5.74, 6) is -2.47. The van der Waals surface area contributed by atoms with E-state index in [0.717, 1.165) is 36.6 Å². The maximum absolute atomic E-state index is 14.1. The molecule has 0 bridgehead atoms. The van der Waals surface area contributed by atoms with Gasteiger partial charge in [0.05, 0.1) is 18.0 Å². The molecule has 0 aliphatic carbocycles. The maximum Gasteiger partial charge on any atom is 0.246 e. The van der Waals surface area contributed by atoms with Crippen LogP contribution in [0, 0.1) is 11.6 Å². The van der Waals surface area contributed by atoms with Crippen molar-refractivity contribution in [2.75, 3.05) is 42.1 Å². The minimum absolute atomic E-state index is 0.0371. The van der Waals surface area contributed by atoms with Crippen molar-refractivity contribution in [2.24, 2.45) is 0 Å². The number of sulfonamides is 1. The average molecular weight is 593 g/mol. The van der Waals surface area contributed by atoms with Gasteiger partial charge in [-0.3, -0.25) is 4.79 Å². The van der Waals surface area contributed by atoms with Crippen LogP contribution in [0.5, 0.6) is 0 Å². The molecule has 0 spiro atoms. The number of nitrogens with zero attached hydrogens (tertiary/aromatic N) is 5. The average Bonchev–Trinajstić information content (AvgIpc) is 3.28. The summed E-state index contributed by atoms with van der Waals surface area (Å²) < 4.78 is 56.0. The molecular weight excluding hydrogens is 562 g/mol. The largest absolute Gasteiger partial charge is 0.382 e. The van der Waals surface area contributed by atoms with Gasteiger partial charge < -0.3 is 21.3 Å². The molecule has 0 unspecified atom stereocenters. The van der Waals surface area contributed by atoms with Crippen molar-refractivity contribution in [3.05, 3.63) is 52.7 Å². The van der Waals surface area contributed by atoms with E-state index in [1.54, 1.807) is 0 Å². The van der Waals surface area contributed by atoms with Gasteiger partial charge in [0.25, 0.3) is 0 Å². The minimum Gasteiger partial charge on any atom is -0.382 e. The van der Waals surface area contributed by atoms with E-state index in [1.807, 2.05) is 4.90 Å². The predicted molar refractivity (Wildman–Crippen MR) is 148 cm³/mol. The van der Waals surface area contributed by atoms with E-state index in [2.05, 4.69) is 39.4 Å². The number of thiazole rings is 1. The Morgan fingerprint density at radius 3 is 2.30 bits per heavy atom. The third-order valence-electron chi connectivity index (χ3n) is 6.92. The van der Waals surface area contributed by atoms with Crippen molar-refractivity contribution in [2.45, 2.75) is 49.7 Å². The number of nitrogens with one attached hydrogen (secondary N) is 2. The van der Waals surface area contributed by atoms with Crippen molar-refractivity contribution >= 4 is 44.0 Å². The zero-order chi connectivity index (χ0) is 28.6. The standard InChI is InChI=1S/C25H30F2N8O3S2/c1-14-12-34(13-15(2)31-14)24-29-10-17(11-30-24)40(37,38)35-8-6-16(7-9-35)32-25-33-23(28)22(39-25)21(36)20-18(26)4-3-5-19(20)27/h3-5,10-11,14-16,31H,6-9,12-13,28H2,1-2H3,(H,32,33)/t14-,15+. The number of rotatable bonds is 7. The fourth-order valence-electron chi connectivity index (χ4n) is 5.04. The Balaban J connectivity index is 1.20. The van der Waals surface area contributed by atoms with Crippen LogP contribution in [-0.2, 0) is 10.0 Å². The summed E-state index contributed by atoms with van der Waals surface area (Å²) in [4.78, 5) is 27.6. The van der Waals surface area contributed by atoms with Crippen LogP contribution >= 0.6 is 11.3 Å². The molecule has 2 aromatic heterocycles. The van der Waals surface area contributed by atoms with Gasteiger partial charge in [-0.05, 0) is 38.8 Å². The number of anilines is 3. The van der Waals surface area contributed by atoms with Crippen LogP contribution in [0.15, 0.2) is 35.5 Å². The lowest BCUT2D eigenvalue weighted by Crippen LogP contribution is -2.54. The lowest BCUT2D eigenvalue weighted by atomic mass is 10.1. The predicted octanol–water partition coefficient (Wildman–Crippen LogP) is 2.48. The molecule has 0 saturated carbocycles. The number of nitrogens with two attached hydrogens (primary N) is 1. The van der Waals surface area contributed by atoms with Gasteiger partial charge in [0.1, 0.15) is 27.2 Å². The van der Waals surface area contributed by atoms with E-state index in [9.17, 15) is 22.0 Å². The van der Waals surface area contributed by atoms with Crippen molar-refractivity contribution < 1.29 is 22.0 Å². The molecule has 2 fully saturated rings. The molecule has 2 saturated heterocycles. The minimum atomic E-state index is -3.78. The van der Waals surface area contributed by atoms with E-state index in [1.165, 1.54) is 22.8 Å². The first kappa shape index (κ1) is 28.3. The van der Waals surface area contributed by atoms with Crippen molar-refractivity contribution in [3.8, 4) is 0 Å². The molecule has 4 heterocycles. The van der Waals surface area contributed by atoms with E-state index in [-0.39, 0.29) is 46.8 Å². The fraction of sp³-hybridized carbons (Fsp3) is 0.440. The third-order valence-corrected chi connectivity index (χ3v) is 9.78. The second-order valence-electron chi connectivity index (χ2n) is 10.1. The monoisotopic (exact) mass is 592 g/mol. The van der Waals surface area contributed by atoms with Gasteiger partial charge in [0.15, 0.2) is 5.13 Å². The Kier molecular flexibility index (Phi) is 7.99. The highest BCUT2D eigenvalue weighted by Gasteiger charge is 2.32. The zero-order valence-electron chi connectivity index (χ0n) is 22.0. The Hall–Kier alpha value is -3.27. The van der Waals surface area contributed by atoms with Gasteiger partial charge in [-0.1, -0.05) is 17.4 Å². The smallest absolute Gasteiger partial charge is 0.246 e. The Bertz CT molecular complexity index is 1460. The van der Waals surface area contributed by atoms with Crippen LogP contribution in [-0.4, -0.2) is 77.8 Å². The van der Waals surface area contributed by atoms with Crippen LogP contribution in [0.3, 0.4) is 0 Å². The molecule has 0 radical (unpaired) electrons. The third kappa shape index (κ3) is 5.77. The zero-order valence-corrected chi connectivity index (χ0v) is 23.6. The molecule has 40 heavy (non-hydrogen) atoms. The Labute approximate surface area is 234 Å². The summed E-state index contributed by atoms with van der Waals surface area (Å²) in [5.41, 5.74) is 5.20. The number of benzene rings is 1. The lowest BCUT2D eigenvalue weighted by molar-refractivity contribution is 0.103. The fourth-order valence-corrected chi connectivity index (χ4v) is 7.31. The van der Waals surface area contributed by atoms with Crippen molar-refractivity contribution in [1.29, 1.82) is 0 Å². The van der Waals surface area contributed by atoms with Gasteiger partial charge in [0.2, 0.25) is 21.8 Å². The molecule has 214 valence electrons. The second kappa shape index (κ2) is 11.3. The van der Waals surface area contributed by atoms with Gasteiger partial charge >= 0.3 is 0 Å². The van der Waals surface area contributed by atoms with Gasteiger partial charge in [-0.2, -0.15) is 4.31 Å². The molecule has 3 aromatic rings. The highest BCUT2D eigenvalue weighted by atomic mass is 32.2. The first-order chi connectivity index (χ1) is 19.0. The SMILES string of the molecule is C[C@@H]1CN(c2ncc(S(=O)(=O)N3CCC(Nc4nc(N)c(C(=O)c5c(F)cccc5F)s4)CC3)cn2)C[C@H](C)N1. The van der Waals surface area contributed by atoms with Crippen LogP contribution in [0.4, 0.5) is 25.7 Å². The van der Waals surface area contributed by atoms with Crippen LogP contribution in [0.2, 0.25) is 0 Å². The number of halogens is 2. The Morgan fingerprint density at radius 2 is 1.70 bits per heavy atom. The molecule has 5 rings (SSSR count). The summed E-state index contributed by atoms with van der Waals surface area (Å²) >= 11 is 0.903. The molecule has 4 N–H and O–H groups in total. The molecule has 0 amide bonds. The first-order valence-electron chi connectivity index (χ1n) is 12.9. The summed E-state index contributed by atoms with van der Waals surface area (Å²) in [5, 5.41) is 6.93. The normalized spacial score (nSPS) is 20.9. The highest BCUT2D eigenvalue weighted by molar-refractivity contribution is 7.89. The number of nitrogen functional groups attached to an aromatic ring is 1. The summed E-state index contributed by atoms with van der Waals surface area (Å²) in [7, 11) is -3.78. The molecule has 1 aromatic carbocycles. The number of ketones is 1. The van der Waals surface area contributed by atoms with Crippen molar-refractivity contribution in [3.63, 3.8) is 0 Å². The molecule has 2 aliphatic heterocycles. The van der Waals surface area contributed by atoms with Crippen molar-refractivity contribution in [1.82, 2.24) is 24.6 Å². The second-order valence-corrected chi connectivity index (χ2v) is 13.0. The number of carbonyl (C=O) groups is 1. The molecule has 2 aliphatic rings. The van der Waals surface area contributed by atoms with Gasteiger partial charge in [-0.15, -0.1) is 0 Å². The summed E-state index contributed by atoms with van der Waals surface area (Å²) in [6, 6.07) is 3.58. The summed E-state index contributed by atoms with van der Waals surface area (Å²) in [6.07, 6.45) is 3.65. The molecule has 15 heteroatoms. The van der Waals surface area contributed by atoms with Gasteiger partial charge in [-0.25, -0.2) is 32.2 Å².